The molecule has 0 spiro atoms. The van der Waals surface area contributed by atoms with Gasteiger partial charge in [-0.05, 0) is 65.4 Å². The van der Waals surface area contributed by atoms with Crippen LogP contribution in [0.5, 0.6) is 11.5 Å². The van der Waals surface area contributed by atoms with Gasteiger partial charge < -0.3 is 19.3 Å². The molecule has 0 amide bonds. The molecule has 0 heterocycles. The average Bonchev–Trinajstić information content (AvgIpc) is 3.19. The van der Waals surface area contributed by atoms with Crippen LogP contribution in [0.3, 0.4) is 0 Å². The van der Waals surface area contributed by atoms with E-state index in [1.165, 1.54) is 11.1 Å². The van der Waals surface area contributed by atoms with Crippen LogP contribution in [-0.2, 0) is 16.0 Å². The number of hydrogen-bond donors (Lipinski definition) is 1. The number of unbranched alkanes of at least 4 members (excludes halogenated alkanes) is 1. The number of carboxylic acids is 1. The maximum atomic E-state index is 11.3. The summed E-state index contributed by atoms with van der Waals surface area (Å²) in [6.07, 6.45) is 3.73. The molecule has 1 unspecified atom stereocenters. The molecule has 5 nitrogen and oxygen atoms in total. The van der Waals surface area contributed by atoms with E-state index in [9.17, 15) is 9.90 Å². The highest BCUT2D eigenvalue weighted by atomic mass is 16.5. The average molecular weight is 473 g/mol. The number of fused-ring (bicyclic) bond motifs is 3. The summed E-state index contributed by atoms with van der Waals surface area (Å²) >= 11 is 0. The molecule has 5 heteroatoms. The Balaban J connectivity index is 1.48. The number of hydrogen-bond acceptors (Lipinski definition) is 4. The molecule has 0 saturated heterocycles. The van der Waals surface area contributed by atoms with Crippen molar-refractivity contribution < 1.29 is 24.1 Å². The van der Waals surface area contributed by atoms with Crippen LogP contribution in [0.4, 0.5) is 0 Å². The van der Waals surface area contributed by atoms with Crippen molar-refractivity contribution in [3.05, 3.63) is 89.5 Å². The Hall–Kier alpha value is -3.57. The van der Waals surface area contributed by atoms with E-state index in [0.717, 1.165) is 46.6 Å². The topological polar surface area (TPSA) is 65.0 Å². The molecule has 3 aromatic rings. The zero-order valence-corrected chi connectivity index (χ0v) is 20.3. The maximum absolute atomic E-state index is 11.3. The van der Waals surface area contributed by atoms with E-state index in [1.54, 1.807) is 6.92 Å². The Morgan fingerprint density at radius 1 is 0.914 bits per heavy atom. The minimum Gasteiger partial charge on any atom is -0.493 e. The summed E-state index contributed by atoms with van der Waals surface area (Å²) in [7, 11) is 0. The molecular weight excluding hydrogens is 440 g/mol. The fourth-order valence-electron chi connectivity index (χ4n) is 4.36. The standard InChI is InChI=1S/C30H32O5/c1-3-5-18-35-27-12-8-11-26-24(23-9-6-7-10-25(23)29(26)27)17-19-34-22-15-13-21(14-16-22)20-28(30(31)32)33-4-2/h6-17,28H,3-5,18-20H2,1-2H3,(H,31,32)/b24-17+. The first-order chi connectivity index (χ1) is 17.1. The van der Waals surface area contributed by atoms with Crippen molar-refractivity contribution in [2.24, 2.45) is 0 Å². The van der Waals surface area contributed by atoms with Crippen molar-refractivity contribution in [3.8, 4) is 22.6 Å². The summed E-state index contributed by atoms with van der Waals surface area (Å²) in [4.78, 5) is 11.3. The summed E-state index contributed by atoms with van der Waals surface area (Å²) < 4.78 is 17.4. The van der Waals surface area contributed by atoms with Crippen LogP contribution in [0.25, 0.3) is 16.7 Å². The summed E-state index contributed by atoms with van der Waals surface area (Å²) in [5.74, 6) is 0.710. The molecule has 1 aliphatic carbocycles. The van der Waals surface area contributed by atoms with Gasteiger partial charge in [0.05, 0.1) is 6.61 Å². The molecule has 1 aliphatic rings. The van der Waals surface area contributed by atoms with Crippen LogP contribution in [0.15, 0.2) is 72.8 Å². The molecular formula is C30H32O5. The van der Waals surface area contributed by atoms with Crippen molar-refractivity contribution in [1.82, 2.24) is 0 Å². The van der Waals surface area contributed by atoms with Crippen molar-refractivity contribution in [2.75, 3.05) is 19.8 Å². The quantitative estimate of drug-likeness (QED) is 0.242. The lowest BCUT2D eigenvalue weighted by molar-refractivity contribution is -0.149. The molecule has 0 aromatic heterocycles. The zero-order valence-electron chi connectivity index (χ0n) is 20.3. The van der Waals surface area contributed by atoms with Gasteiger partial charge in [-0.15, -0.1) is 0 Å². The molecule has 35 heavy (non-hydrogen) atoms. The molecule has 1 atom stereocenters. The number of rotatable bonds is 12. The molecule has 4 rings (SSSR count). The van der Waals surface area contributed by atoms with E-state index in [1.807, 2.05) is 36.4 Å². The summed E-state index contributed by atoms with van der Waals surface area (Å²) in [6, 6.07) is 22.2. The van der Waals surface area contributed by atoms with E-state index < -0.39 is 12.1 Å². The normalized spacial score (nSPS) is 13.8. The largest absolute Gasteiger partial charge is 0.493 e. The maximum Gasteiger partial charge on any atom is 0.333 e. The van der Waals surface area contributed by atoms with Crippen LogP contribution >= 0.6 is 0 Å². The molecule has 1 N–H and O–H groups in total. The van der Waals surface area contributed by atoms with Gasteiger partial charge in [0.15, 0.2) is 6.10 Å². The minimum atomic E-state index is -0.949. The minimum absolute atomic E-state index is 0.323. The number of benzene rings is 3. The Morgan fingerprint density at radius 2 is 1.66 bits per heavy atom. The van der Waals surface area contributed by atoms with E-state index in [4.69, 9.17) is 14.2 Å². The predicted octanol–water partition coefficient (Wildman–Crippen LogP) is 6.39. The van der Waals surface area contributed by atoms with Gasteiger partial charge in [-0.2, -0.15) is 0 Å². The Kier molecular flexibility index (Phi) is 8.22. The predicted molar refractivity (Wildman–Crippen MR) is 138 cm³/mol. The lowest BCUT2D eigenvalue weighted by Crippen LogP contribution is -2.26. The fraction of sp³-hybridized carbons (Fsp3) is 0.300. The Bertz CT molecular complexity index is 1180. The van der Waals surface area contributed by atoms with Gasteiger partial charge in [-0.3, -0.25) is 0 Å². The fourth-order valence-corrected chi connectivity index (χ4v) is 4.36. The van der Waals surface area contributed by atoms with E-state index >= 15 is 0 Å². The Morgan fingerprint density at radius 3 is 2.37 bits per heavy atom. The van der Waals surface area contributed by atoms with Gasteiger partial charge in [-0.1, -0.05) is 61.9 Å². The van der Waals surface area contributed by atoms with Crippen LogP contribution in [-0.4, -0.2) is 37.0 Å². The zero-order chi connectivity index (χ0) is 24.6. The van der Waals surface area contributed by atoms with Gasteiger partial charge in [0, 0.05) is 18.6 Å². The lowest BCUT2D eigenvalue weighted by Gasteiger charge is -2.13. The van der Waals surface area contributed by atoms with Gasteiger partial charge >= 0.3 is 5.97 Å². The smallest absolute Gasteiger partial charge is 0.333 e. The van der Waals surface area contributed by atoms with E-state index in [0.29, 0.717) is 26.2 Å². The second-order valence-electron chi connectivity index (χ2n) is 8.49. The van der Waals surface area contributed by atoms with Crippen LogP contribution in [0.1, 0.15) is 43.4 Å². The number of carbonyl (C=O) groups is 1. The molecule has 0 fully saturated rings. The highest BCUT2D eigenvalue weighted by molar-refractivity contribution is 6.03. The van der Waals surface area contributed by atoms with E-state index in [2.05, 4.69) is 43.3 Å². The second-order valence-corrected chi connectivity index (χ2v) is 8.49. The highest BCUT2D eigenvalue weighted by Crippen LogP contribution is 2.48. The highest BCUT2D eigenvalue weighted by Gasteiger charge is 2.26. The van der Waals surface area contributed by atoms with Crippen LogP contribution in [0.2, 0.25) is 0 Å². The molecule has 0 bridgehead atoms. The van der Waals surface area contributed by atoms with Gasteiger partial charge in [0.1, 0.15) is 18.1 Å². The lowest BCUT2D eigenvalue weighted by atomic mass is 10.0. The summed E-state index contributed by atoms with van der Waals surface area (Å²) in [5, 5.41) is 9.29. The summed E-state index contributed by atoms with van der Waals surface area (Å²) in [6.45, 7) is 5.45. The SMILES string of the molecule is CCCCOc1cccc2c1-c1ccccc1/C2=C\COc1ccc(CC(OCC)C(=O)O)cc1. The van der Waals surface area contributed by atoms with Crippen molar-refractivity contribution >= 4 is 11.5 Å². The second kappa shape index (κ2) is 11.7. The molecule has 182 valence electrons. The van der Waals surface area contributed by atoms with Crippen molar-refractivity contribution in [1.29, 1.82) is 0 Å². The third-order valence-corrected chi connectivity index (χ3v) is 6.08. The number of ether oxygens (including phenoxy) is 3. The first kappa shape index (κ1) is 24.6. The molecule has 0 aliphatic heterocycles. The molecule has 3 aromatic carbocycles. The first-order valence-corrected chi connectivity index (χ1v) is 12.2. The van der Waals surface area contributed by atoms with E-state index in [-0.39, 0.29) is 0 Å². The van der Waals surface area contributed by atoms with Crippen molar-refractivity contribution in [3.63, 3.8) is 0 Å². The first-order valence-electron chi connectivity index (χ1n) is 12.2. The number of aliphatic carboxylic acids is 1. The van der Waals surface area contributed by atoms with Crippen molar-refractivity contribution in [2.45, 2.75) is 39.2 Å². The van der Waals surface area contributed by atoms with Crippen LogP contribution in [0, 0.1) is 0 Å². The Labute approximate surface area is 207 Å². The van der Waals surface area contributed by atoms with Gasteiger partial charge in [0.2, 0.25) is 0 Å². The molecule has 0 saturated carbocycles. The monoisotopic (exact) mass is 472 g/mol. The van der Waals surface area contributed by atoms with Gasteiger partial charge in [0.25, 0.3) is 0 Å². The number of carboxylic acid groups (broad SMARTS) is 1. The third kappa shape index (κ3) is 5.75. The van der Waals surface area contributed by atoms with Crippen LogP contribution < -0.4 is 9.47 Å². The van der Waals surface area contributed by atoms with Gasteiger partial charge in [-0.25, -0.2) is 4.79 Å². The molecule has 0 radical (unpaired) electrons. The third-order valence-electron chi connectivity index (χ3n) is 6.08. The summed E-state index contributed by atoms with van der Waals surface area (Å²) in [5.41, 5.74) is 6.72.